The fraction of sp³-hybridized carbons (Fsp3) is 0.931. The molecule has 19 heteroatoms. The molecule has 456 valence electrons. The number of hydrogen-bond donors (Lipinski definition) is 3. The minimum Gasteiger partial charge on any atom is -0.462 e. The van der Waals surface area contributed by atoms with E-state index in [-0.39, 0.29) is 25.7 Å². The molecule has 0 saturated heterocycles. The van der Waals surface area contributed by atoms with Crippen molar-refractivity contribution in [1.29, 1.82) is 0 Å². The Morgan fingerprint density at radius 3 is 0.987 bits per heavy atom. The summed E-state index contributed by atoms with van der Waals surface area (Å²) in [5.41, 5.74) is 0. The number of phosphoric ester groups is 2. The van der Waals surface area contributed by atoms with Crippen LogP contribution < -0.4 is 0 Å². The van der Waals surface area contributed by atoms with Crippen LogP contribution >= 0.6 is 15.6 Å². The van der Waals surface area contributed by atoms with Crippen LogP contribution in [0.15, 0.2) is 0 Å². The van der Waals surface area contributed by atoms with Gasteiger partial charge in [-0.3, -0.25) is 37.3 Å². The van der Waals surface area contributed by atoms with E-state index in [2.05, 4.69) is 41.5 Å². The standard InChI is InChI=1S/C58H112O17P2/c1-7-10-12-14-16-17-22-30-36-42-57(62)74-53(46-68-55(60)40-34-28-20-15-13-11-8-2)48-72-76(64,65)70-44-52(59)45-71-77(66,67)73-49-54(47-69-56(61)41-35-29-25-24-27-33-39-51(6)9-3)75-58(63)43-37-31-23-19-18-21-26-32-38-50(4)5/h50-54,59H,7-49H2,1-6H3,(H,64,65)(H,66,67)/t51?,52-,53+,54+/m0/s1. The molecule has 0 aliphatic carbocycles. The largest absolute Gasteiger partial charge is 0.472 e. The van der Waals surface area contributed by atoms with Gasteiger partial charge in [0.05, 0.1) is 26.4 Å². The van der Waals surface area contributed by atoms with Gasteiger partial charge in [-0.1, -0.05) is 228 Å². The molecular formula is C58H112O17P2. The first kappa shape index (κ1) is 75.1. The highest BCUT2D eigenvalue weighted by Gasteiger charge is 2.30. The number of unbranched alkanes of at least 4 members (excludes halogenated alkanes) is 26. The summed E-state index contributed by atoms with van der Waals surface area (Å²) in [6.07, 6.45) is 30.9. The Balaban J connectivity index is 5.23. The van der Waals surface area contributed by atoms with Crippen molar-refractivity contribution >= 4 is 39.5 Å². The van der Waals surface area contributed by atoms with Gasteiger partial charge in [-0.05, 0) is 37.5 Å². The van der Waals surface area contributed by atoms with Gasteiger partial charge in [0.25, 0.3) is 0 Å². The Labute approximate surface area is 467 Å². The van der Waals surface area contributed by atoms with Crippen molar-refractivity contribution in [2.24, 2.45) is 11.8 Å². The number of carbonyl (C=O) groups is 4. The third kappa shape index (κ3) is 51.9. The summed E-state index contributed by atoms with van der Waals surface area (Å²) in [5, 5.41) is 10.5. The normalized spacial score (nSPS) is 14.8. The second-order valence-electron chi connectivity index (χ2n) is 21.7. The maximum Gasteiger partial charge on any atom is 0.472 e. The Morgan fingerprint density at radius 1 is 0.377 bits per heavy atom. The Morgan fingerprint density at radius 2 is 0.662 bits per heavy atom. The van der Waals surface area contributed by atoms with E-state index in [1.165, 1.54) is 77.0 Å². The molecule has 0 fully saturated rings. The highest BCUT2D eigenvalue weighted by Crippen LogP contribution is 2.45. The van der Waals surface area contributed by atoms with E-state index >= 15 is 0 Å². The minimum absolute atomic E-state index is 0.103. The van der Waals surface area contributed by atoms with Crippen molar-refractivity contribution in [3.8, 4) is 0 Å². The third-order valence-electron chi connectivity index (χ3n) is 13.6. The first-order valence-electron chi connectivity index (χ1n) is 30.5. The molecule has 17 nitrogen and oxygen atoms in total. The number of aliphatic hydroxyl groups is 1. The molecule has 6 atom stereocenters. The molecule has 3 unspecified atom stereocenters. The molecule has 0 aromatic carbocycles. The van der Waals surface area contributed by atoms with Crippen molar-refractivity contribution in [3.63, 3.8) is 0 Å². The number of carbonyl (C=O) groups excluding carboxylic acids is 4. The highest BCUT2D eigenvalue weighted by atomic mass is 31.2. The quantitative estimate of drug-likeness (QED) is 0.0222. The Kier molecular flexibility index (Phi) is 49.7. The zero-order chi connectivity index (χ0) is 57.3. The third-order valence-corrected chi connectivity index (χ3v) is 15.5. The Hall–Kier alpha value is -1.94. The topological polar surface area (TPSA) is 237 Å². The maximum atomic E-state index is 12.9. The summed E-state index contributed by atoms with van der Waals surface area (Å²) in [6.45, 7) is 9.30. The number of esters is 4. The number of rotatable bonds is 57. The molecule has 0 aromatic heterocycles. The molecule has 0 saturated carbocycles. The number of aliphatic hydroxyl groups excluding tert-OH is 1. The monoisotopic (exact) mass is 1140 g/mol. The minimum atomic E-state index is -4.94. The zero-order valence-corrected chi connectivity index (χ0v) is 51.0. The molecule has 0 spiro atoms. The SMILES string of the molecule is CCCCCCCCCCCC(=O)O[C@H](COC(=O)CCCCCCCCC)COP(=O)(O)OC[C@H](O)COP(=O)(O)OC[C@@H](COC(=O)CCCCCCCCC(C)CC)OC(=O)CCCCCCCCCCC(C)C. The molecule has 0 bridgehead atoms. The van der Waals surface area contributed by atoms with Crippen LogP contribution in [0.5, 0.6) is 0 Å². The molecule has 0 aliphatic heterocycles. The molecule has 0 heterocycles. The summed E-state index contributed by atoms with van der Waals surface area (Å²) >= 11 is 0. The Bertz CT molecular complexity index is 1530. The van der Waals surface area contributed by atoms with Crippen molar-refractivity contribution in [2.75, 3.05) is 39.6 Å². The van der Waals surface area contributed by atoms with Gasteiger partial charge in [0.1, 0.15) is 19.3 Å². The van der Waals surface area contributed by atoms with E-state index in [1.54, 1.807) is 0 Å². The van der Waals surface area contributed by atoms with E-state index in [1.807, 2.05) is 0 Å². The summed E-state index contributed by atoms with van der Waals surface area (Å²) in [6, 6.07) is 0. The van der Waals surface area contributed by atoms with Gasteiger partial charge >= 0.3 is 39.5 Å². The molecule has 0 aliphatic rings. The summed E-state index contributed by atoms with van der Waals surface area (Å²) in [7, 11) is -9.87. The van der Waals surface area contributed by atoms with Crippen LogP contribution in [-0.4, -0.2) is 96.7 Å². The van der Waals surface area contributed by atoms with Gasteiger partial charge in [-0.2, -0.15) is 0 Å². The van der Waals surface area contributed by atoms with Crippen molar-refractivity contribution < 1.29 is 80.2 Å². The van der Waals surface area contributed by atoms with Crippen molar-refractivity contribution in [1.82, 2.24) is 0 Å². The average molecular weight is 1140 g/mol. The lowest BCUT2D eigenvalue weighted by molar-refractivity contribution is -0.161. The molecule has 3 N–H and O–H groups in total. The fourth-order valence-corrected chi connectivity index (χ4v) is 10.0. The summed E-state index contributed by atoms with van der Waals surface area (Å²) in [5.74, 6) is -0.701. The zero-order valence-electron chi connectivity index (χ0n) is 49.2. The lowest BCUT2D eigenvalue weighted by Gasteiger charge is -2.21. The van der Waals surface area contributed by atoms with Gasteiger partial charge in [0.15, 0.2) is 12.2 Å². The second-order valence-corrected chi connectivity index (χ2v) is 24.7. The molecule has 0 amide bonds. The number of ether oxygens (including phenoxy) is 4. The highest BCUT2D eigenvalue weighted by molar-refractivity contribution is 7.47. The lowest BCUT2D eigenvalue weighted by atomic mass is 10.00. The van der Waals surface area contributed by atoms with Gasteiger partial charge in [-0.25, -0.2) is 9.13 Å². The van der Waals surface area contributed by atoms with E-state index in [9.17, 15) is 43.2 Å². The van der Waals surface area contributed by atoms with Gasteiger partial charge < -0.3 is 33.8 Å². The van der Waals surface area contributed by atoms with Crippen LogP contribution in [0.1, 0.15) is 279 Å². The summed E-state index contributed by atoms with van der Waals surface area (Å²) in [4.78, 5) is 71.7. The molecular weight excluding hydrogens is 1030 g/mol. The molecule has 0 radical (unpaired) electrons. The van der Waals surface area contributed by atoms with Crippen LogP contribution in [0.2, 0.25) is 0 Å². The van der Waals surface area contributed by atoms with Crippen molar-refractivity contribution in [3.05, 3.63) is 0 Å². The van der Waals surface area contributed by atoms with E-state index < -0.39 is 97.5 Å². The predicted octanol–water partition coefficient (Wildman–Crippen LogP) is 15.3. The smallest absolute Gasteiger partial charge is 0.462 e. The van der Waals surface area contributed by atoms with Gasteiger partial charge in [-0.15, -0.1) is 0 Å². The van der Waals surface area contributed by atoms with Crippen LogP contribution in [-0.2, 0) is 65.4 Å². The van der Waals surface area contributed by atoms with Crippen LogP contribution in [0.25, 0.3) is 0 Å². The van der Waals surface area contributed by atoms with Gasteiger partial charge in [0, 0.05) is 25.7 Å². The summed E-state index contributed by atoms with van der Waals surface area (Å²) < 4.78 is 67.6. The van der Waals surface area contributed by atoms with E-state index in [0.29, 0.717) is 25.7 Å². The first-order valence-corrected chi connectivity index (χ1v) is 33.5. The molecule has 0 aromatic rings. The number of hydrogen-bond acceptors (Lipinski definition) is 15. The van der Waals surface area contributed by atoms with E-state index in [4.69, 9.17) is 37.0 Å². The van der Waals surface area contributed by atoms with Crippen LogP contribution in [0, 0.1) is 11.8 Å². The number of phosphoric acid groups is 2. The van der Waals surface area contributed by atoms with Crippen LogP contribution in [0.3, 0.4) is 0 Å². The average Bonchev–Trinajstić information content (AvgIpc) is 3.39. The van der Waals surface area contributed by atoms with Gasteiger partial charge in [0.2, 0.25) is 0 Å². The maximum absolute atomic E-state index is 12.9. The van der Waals surface area contributed by atoms with Crippen molar-refractivity contribution in [2.45, 2.75) is 297 Å². The second kappa shape index (κ2) is 51.0. The fourth-order valence-electron chi connectivity index (χ4n) is 8.44. The molecule has 0 rings (SSSR count). The van der Waals surface area contributed by atoms with E-state index in [0.717, 1.165) is 121 Å². The molecule has 77 heavy (non-hydrogen) atoms. The lowest BCUT2D eigenvalue weighted by Crippen LogP contribution is -2.30. The van der Waals surface area contributed by atoms with Crippen LogP contribution in [0.4, 0.5) is 0 Å². The predicted molar refractivity (Wildman–Crippen MR) is 303 cm³/mol. The first-order chi connectivity index (χ1) is 36.9.